The summed E-state index contributed by atoms with van der Waals surface area (Å²) in [5.74, 6) is -0.925. The van der Waals surface area contributed by atoms with Gasteiger partial charge in [-0.15, -0.1) is 11.3 Å². The molecule has 3 rings (SSSR count). The predicted molar refractivity (Wildman–Crippen MR) is 102 cm³/mol. The van der Waals surface area contributed by atoms with Crippen LogP contribution in [0.5, 0.6) is 0 Å². The van der Waals surface area contributed by atoms with Gasteiger partial charge in [-0.25, -0.2) is 4.98 Å². The van der Waals surface area contributed by atoms with Crippen molar-refractivity contribution in [3.63, 3.8) is 0 Å². The molecule has 2 heterocycles. The van der Waals surface area contributed by atoms with Crippen LogP contribution in [0.4, 0.5) is 13.2 Å². The molecule has 6 nitrogen and oxygen atoms in total. The Morgan fingerprint density at radius 1 is 1.29 bits per heavy atom. The molecular weight excluding hydrogens is 391 g/mol. The predicted octanol–water partition coefficient (Wildman–Crippen LogP) is 3.52. The van der Waals surface area contributed by atoms with Crippen molar-refractivity contribution in [2.24, 2.45) is 10.7 Å². The topological polar surface area (TPSA) is 93.3 Å². The van der Waals surface area contributed by atoms with Crippen molar-refractivity contribution in [1.29, 1.82) is 0 Å². The highest BCUT2D eigenvalue weighted by Crippen LogP contribution is 2.23. The Kier molecular flexibility index (Phi) is 5.41. The van der Waals surface area contributed by atoms with Crippen molar-refractivity contribution in [2.75, 3.05) is 7.05 Å². The fourth-order valence-corrected chi connectivity index (χ4v) is 2.89. The number of pyridine rings is 1. The fraction of sp³-hybridized carbons (Fsp3) is 0.111. The van der Waals surface area contributed by atoms with Crippen LogP contribution in [0.1, 0.15) is 10.4 Å². The number of benzene rings is 1. The molecule has 0 saturated heterocycles. The first-order valence-corrected chi connectivity index (χ1v) is 8.83. The number of alkyl halides is 3. The first-order valence-electron chi connectivity index (χ1n) is 7.89. The second kappa shape index (κ2) is 7.77. The molecule has 0 saturated carbocycles. The quantitative estimate of drug-likeness (QED) is 0.515. The summed E-state index contributed by atoms with van der Waals surface area (Å²) >= 11 is 1.47. The minimum Gasteiger partial charge on any atom is -0.395 e. The first kappa shape index (κ1) is 19.5. The summed E-state index contributed by atoms with van der Waals surface area (Å²) in [6.45, 7) is 0. The van der Waals surface area contributed by atoms with E-state index in [1.807, 2.05) is 11.4 Å². The maximum Gasteiger partial charge on any atom is 0.430 e. The van der Waals surface area contributed by atoms with Gasteiger partial charge in [0.25, 0.3) is 5.91 Å². The lowest BCUT2D eigenvalue weighted by atomic mass is 10.1. The van der Waals surface area contributed by atoms with Gasteiger partial charge in [-0.05, 0) is 18.2 Å². The lowest BCUT2D eigenvalue weighted by Crippen LogP contribution is -2.31. The van der Waals surface area contributed by atoms with Gasteiger partial charge in [-0.3, -0.25) is 14.8 Å². The van der Waals surface area contributed by atoms with Crippen LogP contribution in [-0.2, 0) is 0 Å². The molecule has 1 amide bonds. The monoisotopic (exact) mass is 405 g/mol. The molecule has 0 atom stereocenters. The molecular formula is C18H14F3N5OS. The van der Waals surface area contributed by atoms with Gasteiger partial charge in [0.2, 0.25) is 0 Å². The van der Waals surface area contributed by atoms with E-state index in [2.05, 4.69) is 20.3 Å². The van der Waals surface area contributed by atoms with Gasteiger partial charge < -0.3 is 11.1 Å². The zero-order valence-corrected chi connectivity index (χ0v) is 15.3. The Morgan fingerprint density at radius 2 is 2.07 bits per heavy atom. The normalized spacial score (nSPS) is 13.0. The van der Waals surface area contributed by atoms with Crippen molar-refractivity contribution in [3.05, 3.63) is 58.7 Å². The lowest BCUT2D eigenvalue weighted by molar-refractivity contribution is -0.0925. The smallest absolute Gasteiger partial charge is 0.395 e. The summed E-state index contributed by atoms with van der Waals surface area (Å²) in [6.07, 6.45) is -2.50. The van der Waals surface area contributed by atoms with Gasteiger partial charge in [-0.1, -0.05) is 6.07 Å². The number of amidine groups is 1. The summed E-state index contributed by atoms with van der Waals surface area (Å²) in [7, 11) is 1.25. The molecule has 2 aromatic heterocycles. The number of carbonyl (C=O) groups excluding carboxylic acids is 1. The average Bonchev–Trinajstić information content (AvgIpc) is 3.20. The van der Waals surface area contributed by atoms with Crippen LogP contribution in [0.25, 0.3) is 22.2 Å². The number of thiazole rings is 1. The Balaban J connectivity index is 1.83. The molecule has 0 spiro atoms. The molecule has 144 valence electrons. The highest BCUT2D eigenvalue weighted by Gasteiger charge is 2.31. The zero-order chi connectivity index (χ0) is 20.3. The van der Waals surface area contributed by atoms with E-state index in [0.29, 0.717) is 11.6 Å². The van der Waals surface area contributed by atoms with Crippen molar-refractivity contribution < 1.29 is 18.0 Å². The molecule has 0 bridgehead atoms. The van der Waals surface area contributed by atoms with Crippen LogP contribution >= 0.6 is 11.3 Å². The molecule has 1 aromatic carbocycles. The number of nitrogens with two attached hydrogens (primary N) is 1. The number of fused-ring (bicyclic) bond motifs is 1. The summed E-state index contributed by atoms with van der Waals surface area (Å²) < 4.78 is 37.6. The van der Waals surface area contributed by atoms with Crippen molar-refractivity contribution in [2.45, 2.75) is 6.18 Å². The molecule has 0 fully saturated rings. The number of allylic oxidation sites excluding steroid dienone is 1. The van der Waals surface area contributed by atoms with Crippen LogP contribution in [0.3, 0.4) is 0 Å². The number of aromatic nitrogens is 2. The van der Waals surface area contributed by atoms with E-state index >= 15 is 0 Å². The first-order chi connectivity index (χ1) is 13.3. The number of halogens is 3. The third-order valence-corrected chi connectivity index (χ3v) is 4.36. The van der Waals surface area contributed by atoms with E-state index in [4.69, 9.17) is 5.73 Å². The number of carbonyl (C=O) groups is 1. The van der Waals surface area contributed by atoms with Gasteiger partial charge >= 0.3 is 6.18 Å². The number of nitrogens with one attached hydrogen (secondary N) is 1. The van der Waals surface area contributed by atoms with Gasteiger partial charge in [0.05, 0.1) is 16.7 Å². The number of hydrogen-bond acceptors (Lipinski definition) is 6. The lowest BCUT2D eigenvalue weighted by Gasteiger charge is -2.09. The van der Waals surface area contributed by atoms with Gasteiger partial charge in [0.1, 0.15) is 11.5 Å². The summed E-state index contributed by atoms with van der Waals surface area (Å²) in [4.78, 5) is 24.5. The SMILES string of the molecule is CN=C(C=C(N)C(F)(F)F)NC(=O)c1ccc2cc(-c3cscn3)cnc2c1. The van der Waals surface area contributed by atoms with Crippen LogP contribution in [-0.4, -0.2) is 34.9 Å². The maximum absolute atomic E-state index is 12.5. The molecule has 10 heteroatoms. The van der Waals surface area contributed by atoms with Gasteiger partial charge in [-0.2, -0.15) is 13.2 Å². The molecule has 3 aromatic rings. The van der Waals surface area contributed by atoms with E-state index in [9.17, 15) is 18.0 Å². The molecule has 0 aliphatic heterocycles. The molecule has 0 aliphatic carbocycles. The second-order valence-corrected chi connectivity index (χ2v) is 6.38. The van der Waals surface area contributed by atoms with Crippen LogP contribution < -0.4 is 11.1 Å². The third-order valence-electron chi connectivity index (χ3n) is 3.78. The Bertz CT molecular complexity index is 1070. The van der Waals surface area contributed by atoms with Crippen molar-refractivity contribution >= 4 is 34.0 Å². The third kappa shape index (κ3) is 4.34. The number of rotatable bonds is 3. The Morgan fingerprint density at radius 3 is 2.71 bits per heavy atom. The minimum absolute atomic E-state index is 0.224. The van der Waals surface area contributed by atoms with Gasteiger partial charge in [0.15, 0.2) is 0 Å². The summed E-state index contributed by atoms with van der Waals surface area (Å²) in [5.41, 5.74) is 7.76. The van der Waals surface area contributed by atoms with E-state index in [1.165, 1.54) is 18.4 Å². The van der Waals surface area contributed by atoms with Crippen molar-refractivity contribution in [1.82, 2.24) is 15.3 Å². The van der Waals surface area contributed by atoms with E-state index in [-0.39, 0.29) is 11.4 Å². The van der Waals surface area contributed by atoms with E-state index in [1.54, 1.807) is 29.9 Å². The van der Waals surface area contributed by atoms with Crippen LogP contribution in [0.2, 0.25) is 0 Å². The van der Waals surface area contributed by atoms with E-state index < -0.39 is 17.8 Å². The molecule has 0 radical (unpaired) electrons. The summed E-state index contributed by atoms with van der Waals surface area (Å²) in [5, 5.41) is 5.00. The Labute approximate surface area is 161 Å². The fourth-order valence-electron chi connectivity index (χ4n) is 2.33. The minimum atomic E-state index is -4.71. The molecule has 3 N–H and O–H groups in total. The highest BCUT2D eigenvalue weighted by molar-refractivity contribution is 7.07. The van der Waals surface area contributed by atoms with Crippen LogP contribution in [0.15, 0.2) is 58.1 Å². The molecule has 0 aliphatic rings. The Hall–Kier alpha value is -3.27. The number of amides is 1. The van der Waals surface area contributed by atoms with Gasteiger partial charge in [0, 0.05) is 41.2 Å². The van der Waals surface area contributed by atoms with Crippen molar-refractivity contribution in [3.8, 4) is 11.3 Å². The zero-order valence-electron chi connectivity index (χ0n) is 14.5. The highest BCUT2D eigenvalue weighted by atomic mass is 32.1. The van der Waals surface area contributed by atoms with Crippen LogP contribution in [0, 0.1) is 0 Å². The largest absolute Gasteiger partial charge is 0.430 e. The number of aliphatic imine (C=N–C) groups is 1. The maximum atomic E-state index is 12.5. The second-order valence-electron chi connectivity index (χ2n) is 5.67. The average molecular weight is 405 g/mol. The standard InChI is InChI=1S/C18H14F3N5OS/c1-23-16(6-15(22)18(19,20)21)26-17(27)11-3-2-10-4-12(7-24-13(10)5-11)14-8-28-9-25-14/h2-9H,22H2,1H3,(H,23,26,27). The number of hydrogen-bond donors (Lipinski definition) is 2. The molecule has 0 unspecified atom stereocenters. The number of nitrogens with zero attached hydrogens (tertiary/aromatic N) is 3. The summed E-state index contributed by atoms with van der Waals surface area (Å²) in [6, 6.07) is 6.69. The molecule has 28 heavy (non-hydrogen) atoms. The van der Waals surface area contributed by atoms with E-state index in [0.717, 1.165) is 16.6 Å².